The van der Waals surface area contributed by atoms with Crippen molar-refractivity contribution in [3.05, 3.63) is 46.4 Å². The molecule has 27 heavy (non-hydrogen) atoms. The molecule has 1 aliphatic heterocycles. The fourth-order valence-electron chi connectivity index (χ4n) is 2.82. The third-order valence-corrected chi connectivity index (χ3v) is 5.00. The zero-order chi connectivity index (χ0) is 18.6. The second-order valence-corrected chi connectivity index (χ2v) is 6.78. The SMILES string of the molecule is CN=C(NCc1nc(C(F)(F)F)cs1)N1CCN(c2ccccc2)CC1.I. The number of rotatable bonds is 3. The lowest BCUT2D eigenvalue weighted by molar-refractivity contribution is -0.140. The van der Waals surface area contributed by atoms with Gasteiger partial charge in [0.25, 0.3) is 0 Å². The number of hydrogen-bond donors (Lipinski definition) is 1. The molecule has 1 aromatic carbocycles. The average molecular weight is 511 g/mol. The Labute approximate surface area is 177 Å². The quantitative estimate of drug-likeness (QED) is 0.388. The molecule has 0 atom stereocenters. The van der Waals surface area contributed by atoms with Gasteiger partial charge in [-0.2, -0.15) is 13.2 Å². The molecule has 0 bridgehead atoms. The van der Waals surface area contributed by atoms with Crippen molar-refractivity contribution in [2.45, 2.75) is 12.7 Å². The van der Waals surface area contributed by atoms with Crippen molar-refractivity contribution < 1.29 is 13.2 Å². The van der Waals surface area contributed by atoms with E-state index >= 15 is 0 Å². The van der Waals surface area contributed by atoms with Crippen molar-refractivity contribution in [2.75, 3.05) is 38.1 Å². The number of aliphatic imine (C=N–C) groups is 1. The van der Waals surface area contributed by atoms with Crippen LogP contribution in [0.3, 0.4) is 0 Å². The van der Waals surface area contributed by atoms with E-state index in [0.717, 1.165) is 42.9 Å². The van der Waals surface area contributed by atoms with Crippen molar-refractivity contribution in [3.63, 3.8) is 0 Å². The highest BCUT2D eigenvalue weighted by atomic mass is 127. The van der Waals surface area contributed by atoms with Gasteiger partial charge in [0.15, 0.2) is 11.7 Å². The average Bonchev–Trinajstić information content (AvgIpc) is 3.13. The van der Waals surface area contributed by atoms with E-state index in [9.17, 15) is 13.2 Å². The summed E-state index contributed by atoms with van der Waals surface area (Å²) >= 11 is 0.998. The standard InChI is InChI=1S/C17H20F3N5S.HI/c1-21-16(22-11-15-23-14(12-26-15)17(18,19)20)25-9-7-24(8-10-25)13-5-3-2-4-6-13;/h2-6,12H,7-11H2,1H3,(H,21,22);1H. The predicted octanol–water partition coefficient (Wildman–Crippen LogP) is 3.68. The van der Waals surface area contributed by atoms with Gasteiger partial charge < -0.3 is 15.1 Å². The van der Waals surface area contributed by atoms with Gasteiger partial charge in [0.2, 0.25) is 0 Å². The highest BCUT2D eigenvalue weighted by Gasteiger charge is 2.33. The van der Waals surface area contributed by atoms with Crippen molar-refractivity contribution in [3.8, 4) is 0 Å². The molecule has 5 nitrogen and oxygen atoms in total. The van der Waals surface area contributed by atoms with Gasteiger partial charge in [0, 0.05) is 44.3 Å². The van der Waals surface area contributed by atoms with E-state index in [-0.39, 0.29) is 30.5 Å². The van der Waals surface area contributed by atoms with Crippen LogP contribution in [-0.2, 0) is 12.7 Å². The van der Waals surface area contributed by atoms with Crippen molar-refractivity contribution in [1.29, 1.82) is 0 Å². The molecular weight excluding hydrogens is 490 g/mol. The second-order valence-electron chi connectivity index (χ2n) is 5.83. The van der Waals surface area contributed by atoms with E-state index in [1.54, 1.807) is 7.05 Å². The Bertz CT molecular complexity index is 743. The molecule has 2 aromatic rings. The molecule has 1 saturated heterocycles. The van der Waals surface area contributed by atoms with Crippen LogP contribution in [0.4, 0.5) is 18.9 Å². The largest absolute Gasteiger partial charge is 0.434 e. The Hall–Kier alpha value is -1.56. The summed E-state index contributed by atoms with van der Waals surface area (Å²) in [6.07, 6.45) is -4.40. The number of nitrogens with zero attached hydrogens (tertiary/aromatic N) is 4. The lowest BCUT2D eigenvalue weighted by atomic mass is 10.2. The Kier molecular flexibility index (Phi) is 7.71. The number of aromatic nitrogens is 1. The number of nitrogens with one attached hydrogen (secondary N) is 1. The van der Waals surface area contributed by atoms with Crippen LogP contribution in [0.15, 0.2) is 40.7 Å². The molecule has 1 aliphatic rings. The van der Waals surface area contributed by atoms with Crippen LogP contribution < -0.4 is 10.2 Å². The van der Waals surface area contributed by atoms with Crippen LogP contribution in [0.1, 0.15) is 10.7 Å². The van der Waals surface area contributed by atoms with E-state index in [1.165, 1.54) is 5.69 Å². The van der Waals surface area contributed by atoms with E-state index in [0.29, 0.717) is 11.0 Å². The summed E-state index contributed by atoms with van der Waals surface area (Å²) in [6.45, 7) is 3.53. The fourth-order valence-corrected chi connectivity index (χ4v) is 3.57. The number of halogens is 4. The summed E-state index contributed by atoms with van der Waals surface area (Å²) in [5.41, 5.74) is 0.350. The number of piperazine rings is 1. The first-order chi connectivity index (χ1) is 12.5. The fraction of sp³-hybridized carbons (Fsp3) is 0.412. The Morgan fingerprint density at radius 1 is 1.19 bits per heavy atom. The zero-order valence-electron chi connectivity index (χ0n) is 14.7. The third kappa shape index (κ3) is 5.71. The summed E-state index contributed by atoms with van der Waals surface area (Å²) in [6, 6.07) is 10.2. The van der Waals surface area contributed by atoms with Gasteiger partial charge in [0.1, 0.15) is 5.01 Å². The summed E-state index contributed by atoms with van der Waals surface area (Å²) < 4.78 is 37.9. The van der Waals surface area contributed by atoms with E-state index < -0.39 is 11.9 Å². The Balaban J connectivity index is 0.00000261. The van der Waals surface area contributed by atoms with Crippen LogP contribution in [0.2, 0.25) is 0 Å². The zero-order valence-corrected chi connectivity index (χ0v) is 17.9. The van der Waals surface area contributed by atoms with Gasteiger partial charge in [-0.1, -0.05) is 18.2 Å². The second kappa shape index (κ2) is 9.58. The third-order valence-electron chi connectivity index (χ3n) is 4.15. The molecule has 148 valence electrons. The molecule has 0 aliphatic carbocycles. The number of para-hydroxylation sites is 1. The first kappa shape index (κ1) is 21.7. The van der Waals surface area contributed by atoms with Crippen molar-refractivity contribution in [1.82, 2.24) is 15.2 Å². The molecule has 10 heteroatoms. The molecule has 1 fully saturated rings. The minimum atomic E-state index is -4.40. The smallest absolute Gasteiger partial charge is 0.368 e. The van der Waals surface area contributed by atoms with Crippen LogP contribution in [0.25, 0.3) is 0 Å². The normalized spacial score (nSPS) is 15.5. The molecule has 0 spiro atoms. The van der Waals surface area contributed by atoms with Crippen LogP contribution in [-0.4, -0.2) is 49.1 Å². The Morgan fingerprint density at radius 3 is 2.41 bits per heavy atom. The summed E-state index contributed by atoms with van der Waals surface area (Å²) in [4.78, 5) is 12.3. The summed E-state index contributed by atoms with van der Waals surface area (Å²) in [5.74, 6) is 0.682. The lowest BCUT2D eigenvalue weighted by Crippen LogP contribution is -2.52. The van der Waals surface area contributed by atoms with Crippen molar-refractivity contribution in [2.24, 2.45) is 4.99 Å². The number of guanidine groups is 1. The van der Waals surface area contributed by atoms with Gasteiger partial charge >= 0.3 is 6.18 Å². The maximum absolute atomic E-state index is 12.6. The molecule has 3 rings (SSSR count). The highest BCUT2D eigenvalue weighted by molar-refractivity contribution is 14.0. The van der Waals surface area contributed by atoms with Gasteiger partial charge in [-0.25, -0.2) is 4.98 Å². The predicted molar refractivity (Wildman–Crippen MR) is 113 cm³/mol. The number of alkyl halides is 3. The van der Waals surface area contributed by atoms with E-state index in [4.69, 9.17) is 0 Å². The van der Waals surface area contributed by atoms with Gasteiger partial charge in [-0.3, -0.25) is 4.99 Å². The molecule has 0 radical (unpaired) electrons. The molecule has 0 amide bonds. The monoisotopic (exact) mass is 511 g/mol. The van der Waals surface area contributed by atoms with Gasteiger partial charge in [0.05, 0.1) is 6.54 Å². The number of thiazole rings is 1. The number of benzene rings is 1. The van der Waals surface area contributed by atoms with Gasteiger partial charge in [-0.15, -0.1) is 35.3 Å². The van der Waals surface area contributed by atoms with Crippen LogP contribution >= 0.6 is 35.3 Å². The van der Waals surface area contributed by atoms with E-state index in [2.05, 4.69) is 37.2 Å². The molecule has 2 heterocycles. The molecular formula is C17H21F3IN5S. The molecule has 0 unspecified atom stereocenters. The highest BCUT2D eigenvalue weighted by Crippen LogP contribution is 2.29. The molecule has 1 aromatic heterocycles. The minimum Gasteiger partial charge on any atom is -0.368 e. The Morgan fingerprint density at radius 2 is 1.85 bits per heavy atom. The summed E-state index contributed by atoms with van der Waals surface area (Å²) in [5, 5.41) is 4.54. The minimum absolute atomic E-state index is 0. The lowest BCUT2D eigenvalue weighted by Gasteiger charge is -2.37. The molecule has 1 N–H and O–H groups in total. The van der Waals surface area contributed by atoms with Crippen LogP contribution in [0, 0.1) is 0 Å². The number of anilines is 1. The summed E-state index contributed by atoms with van der Waals surface area (Å²) in [7, 11) is 1.68. The van der Waals surface area contributed by atoms with E-state index in [1.807, 2.05) is 18.2 Å². The maximum Gasteiger partial charge on any atom is 0.434 e. The first-order valence-electron chi connectivity index (χ1n) is 8.24. The van der Waals surface area contributed by atoms with Crippen LogP contribution in [0.5, 0.6) is 0 Å². The molecule has 0 saturated carbocycles. The van der Waals surface area contributed by atoms with Gasteiger partial charge in [-0.05, 0) is 12.1 Å². The topological polar surface area (TPSA) is 43.8 Å². The van der Waals surface area contributed by atoms with Crippen molar-refractivity contribution >= 4 is 47.0 Å². The number of hydrogen-bond acceptors (Lipinski definition) is 4. The first-order valence-corrected chi connectivity index (χ1v) is 9.12. The maximum atomic E-state index is 12.6.